The lowest BCUT2D eigenvalue weighted by molar-refractivity contribution is -0.124. The van der Waals surface area contributed by atoms with E-state index in [0.717, 1.165) is 12.8 Å². The Morgan fingerprint density at radius 1 is 1.31 bits per heavy atom. The van der Waals surface area contributed by atoms with Crippen LogP contribution in [-0.2, 0) is 9.53 Å². The number of hydrogen-bond donors (Lipinski definition) is 1. The fraction of sp³-hybridized carbons (Fsp3) is 0.615. The Bertz CT molecular complexity index is 257. The Morgan fingerprint density at radius 3 is 2.44 bits per heavy atom. The summed E-state index contributed by atoms with van der Waals surface area (Å²) in [5, 5.41) is 2.83. The van der Waals surface area contributed by atoms with Crippen molar-refractivity contribution >= 4 is 5.91 Å². The van der Waals surface area contributed by atoms with E-state index in [4.69, 9.17) is 17.6 Å². The largest absolute Gasteiger partial charge is 0.385 e. The Morgan fingerprint density at radius 2 is 1.94 bits per heavy atom. The molecule has 0 atom stereocenters. The molecule has 3 nitrogen and oxygen atoms in total. The van der Waals surface area contributed by atoms with Crippen molar-refractivity contribution in [2.75, 3.05) is 20.3 Å². The zero-order valence-corrected chi connectivity index (χ0v) is 9.79. The fourth-order valence-corrected chi connectivity index (χ4v) is 1.27. The number of rotatable bonds is 8. The van der Waals surface area contributed by atoms with Crippen LogP contribution in [0.2, 0.25) is 0 Å². The Hall–Kier alpha value is -1.45. The molecule has 16 heavy (non-hydrogen) atoms. The summed E-state index contributed by atoms with van der Waals surface area (Å²) >= 11 is 0. The maximum atomic E-state index is 11.6. The molecule has 0 saturated carbocycles. The van der Waals surface area contributed by atoms with Crippen molar-refractivity contribution in [2.24, 2.45) is 5.92 Å². The minimum absolute atomic E-state index is 0.0479. The maximum absolute atomic E-state index is 11.6. The van der Waals surface area contributed by atoms with Crippen LogP contribution in [0, 0.1) is 30.6 Å². The summed E-state index contributed by atoms with van der Waals surface area (Å²) < 4.78 is 4.91. The number of hydrogen-bond acceptors (Lipinski definition) is 2. The van der Waals surface area contributed by atoms with Crippen molar-refractivity contribution in [3.8, 4) is 24.7 Å². The van der Waals surface area contributed by atoms with Gasteiger partial charge in [0.25, 0.3) is 0 Å². The fourth-order valence-electron chi connectivity index (χ4n) is 1.27. The molecule has 1 N–H and O–H groups in total. The minimum Gasteiger partial charge on any atom is -0.385 e. The molecule has 0 heterocycles. The highest BCUT2D eigenvalue weighted by molar-refractivity contribution is 5.79. The number of terminal acetylenes is 2. The SMILES string of the molecule is C#CCC(CC#C)C(=O)NCCCCOC. The second kappa shape index (κ2) is 10.1. The second-order valence-electron chi connectivity index (χ2n) is 3.50. The number of amides is 1. The van der Waals surface area contributed by atoms with E-state index in [1.54, 1.807) is 7.11 Å². The first-order chi connectivity index (χ1) is 7.76. The highest BCUT2D eigenvalue weighted by Crippen LogP contribution is 2.06. The molecule has 0 aliphatic heterocycles. The number of unbranched alkanes of at least 4 members (excludes halogenated alkanes) is 1. The molecule has 0 bridgehead atoms. The lowest BCUT2D eigenvalue weighted by Crippen LogP contribution is -2.31. The van der Waals surface area contributed by atoms with Gasteiger partial charge in [0.15, 0.2) is 0 Å². The van der Waals surface area contributed by atoms with Crippen molar-refractivity contribution in [3.05, 3.63) is 0 Å². The molecule has 1 amide bonds. The average Bonchev–Trinajstić information content (AvgIpc) is 2.28. The molecule has 0 radical (unpaired) electrons. The highest BCUT2D eigenvalue weighted by Gasteiger charge is 2.15. The maximum Gasteiger partial charge on any atom is 0.225 e. The molecule has 0 aliphatic carbocycles. The second-order valence-corrected chi connectivity index (χ2v) is 3.50. The van der Waals surface area contributed by atoms with Crippen molar-refractivity contribution < 1.29 is 9.53 Å². The van der Waals surface area contributed by atoms with Crippen molar-refractivity contribution in [3.63, 3.8) is 0 Å². The Kier molecular flexibility index (Phi) is 9.17. The smallest absolute Gasteiger partial charge is 0.225 e. The summed E-state index contributed by atoms with van der Waals surface area (Å²) in [4.78, 5) is 11.6. The van der Waals surface area contributed by atoms with Gasteiger partial charge in [0.2, 0.25) is 5.91 Å². The molecular formula is C13H19NO2. The van der Waals surface area contributed by atoms with Crippen LogP contribution < -0.4 is 5.32 Å². The summed E-state index contributed by atoms with van der Waals surface area (Å²) in [5.41, 5.74) is 0. The van der Waals surface area contributed by atoms with Gasteiger partial charge >= 0.3 is 0 Å². The van der Waals surface area contributed by atoms with Gasteiger partial charge in [-0.05, 0) is 12.8 Å². The minimum atomic E-state index is -0.252. The van der Waals surface area contributed by atoms with Crippen LogP contribution in [0.15, 0.2) is 0 Å². The van der Waals surface area contributed by atoms with Crippen LogP contribution in [0.5, 0.6) is 0 Å². The summed E-state index contributed by atoms with van der Waals surface area (Å²) in [5.74, 6) is 4.64. The topological polar surface area (TPSA) is 38.3 Å². The average molecular weight is 221 g/mol. The molecule has 0 aliphatic rings. The summed E-state index contributed by atoms with van der Waals surface area (Å²) in [6, 6.07) is 0. The first-order valence-electron chi connectivity index (χ1n) is 5.39. The van der Waals surface area contributed by atoms with E-state index < -0.39 is 0 Å². The van der Waals surface area contributed by atoms with E-state index in [1.165, 1.54) is 0 Å². The van der Waals surface area contributed by atoms with Crippen LogP contribution >= 0.6 is 0 Å². The molecule has 0 aromatic rings. The van der Waals surface area contributed by atoms with Crippen LogP contribution in [0.4, 0.5) is 0 Å². The monoisotopic (exact) mass is 221 g/mol. The molecule has 0 rings (SSSR count). The zero-order chi connectivity index (χ0) is 12.2. The molecule has 0 aromatic heterocycles. The van der Waals surface area contributed by atoms with Crippen LogP contribution in [0.3, 0.4) is 0 Å². The van der Waals surface area contributed by atoms with Crippen molar-refractivity contribution in [1.82, 2.24) is 5.32 Å². The third-order valence-corrected chi connectivity index (χ3v) is 2.17. The van der Waals surface area contributed by atoms with Crippen molar-refractivity contribution in [1.29, 1.82) is 0 Å². The molecule has 0 unspecified atom stereocenters. The number of carbonyl (C=O) groups excluding carboxylic acids is 1. The molecular weight excluding hydrogens is 202 g/mol. The van der Waals surface area contributed by atoms with E-state index in [0.29, 0.717) is 26.0 Å². The molecule has 0 saturated heterocycles. The normalized spacial score (nSPS) is 9.50. The third kappa shape index (κ3) is 6.92. The van der Waals surface area contributed by atoms with Gasteiger partial charge < -0.3 is 10.1 Å². The van der Waals surface area contributed by atoms with Crippen LogP contribution in [-0.4, -0.2) is 26.2 Å². The lowest BCUT2D eigenvalue weighted by atomic mass is 10.0. The Labute approximate surface area is 97.9 Å². The summed E-state index contributed by atoms with van der Waals surface area (Å²) in [6.07, 6.45) is 13.0. The first-order valence-corrected chi connectivity index (χ1v) is 5.39. The standard InChI is InChI=1S/C13H19NO2/c1-4-8-12(9-5-2)13(15)14-10-6-7-11-16-3/h1-2,12H,6-11H2,3H3,(H,14,15). The van der Waals surface area contributed by atoms with Gasteiger partial charge in [0, 0.05) is 33.1 Å². The summed E-state index contributed by atoms with van der Waals surface area (Å²) in [6.45, 7) is 1.36. The van der Waals surface area contributed by atoms with Gasteiger partial charge in [-0.15, -0.1) is 24.7 Å². The molecule has 0 fully saturated rings. The van der Waals surface area contributed by atoms with Crippen LogP contribution in [0.1, 0.15) is 25.7 Å². The number of ether oxygens (including phenoxy) is 1. The highest BCUT2D eigenvalue weighted by atomic mass is 16.5. The molecule has 0 spiro atoms. The number of nitrogens with one attached hydrogen (secondary N) is 1. The van der Waals surface area contributed by atoms with E-state index in [9.17, 15) is 4.79 Å². The Balaban J connectivity index is 3.76. The van der Waals surface area contributed by atoms with E-state index >= 15 is 0 Å². The van der Waals surface area contributed by atoms with Gasteiger partial charge in [-0.3, -0.25) is 4.79 Å². The first kappa shape index (κ1) is 14.6. The number of carbonyl (C=O) groups is 1. The zero-order valence-electron chi connectivity index (χ0n) is 9.79. The van der Waals surface area contributed by atoms with E-state index in [2.05, 4.69) is 17.2 Å². The quantitative estimate of drug-likeness (QED) is 0.494. The van der Waals surface area contributed by atoms with Gasteiger partial charge in [-0.25, -0.2) is 0 Å². The van der Waals surface area contributed by atoms with Gasteiger partial charge in [-0.1, -0.05) is 0 Å². The van der Waals surface area contributed by atoms with Gasteiger partial charge in [0.1, 0.15) is 0 Å². The van der Waals surface area contributed by atoms with Gasteiger partial charge in [-0.2, -0.15) is 0 Å². The molecule has 0 aromatic carbocycles. The predicted molar refractivity (Wildman–Crippen MR) is 64.5 cm³/mol. The lowest BCUT2D eigenvalue weighted by Gasteiger charge is -2.11. The van der Waals surface area contributed by atoms with E-state index in [-0.39, 0.29) is 11.8 Å². The van der Waals surface area contributed by atoms with Gasteiger partial charge in [0.05, 0.1) is 5.92 Å². The van der Waals surface area contributed by atoms with Crippen LogP contribution in [0.25, 0.3) is 0 Å². The van der Waals surface area contributed by atoms with E-state index in [1.807, 2.05) is 0 Å². The molecule has 88 valence electrons. The summed E-state index contributed by atoms with van der Waals surface area (Å²) in [7, 11) is 1.66. The third-order valence-electron chi connectivity index (χ3n) is 2.17. The number of methoxy groups -OCH3 is 1. The molecule has 3 heteroatoms. The van der Waals surface area contributed by atoms with Crippen molar-refractivity contribution in [2.45, 2.75) is 25.7 Å². The predicted octanol–water partition coefficient (Wildman–Crippen LogP) is 1.19.